The van der Waals surface area contributed by atoms with Crippen LogP contribution in [-0.4, -0.2) is 24.5 Å². The lowest BCUT2D eigenvalue weighted by Gasteiger charge is -2.35. The molecule has 3 nitrogen and oxygen atoms in total. The van der Waals surface area contributed by atoms with Crippen LogP contribution < -0.4 is 11.1 Å². The van der Waals surface area contributed by atoms with Crippen molar-refractivity contribution >= 4 is 10.8 Å². The first-order chi connectivity index (χ1) is 13.3. The zero-order valence-electron chi connectivity index (χ0n) is 15.9. The van der Waals surface area contributed by atoms with Crippen LogP contribution in [-0.2, 0) is 0 Å². The van der Waals surface area contributed by atoms with Gasteiger partial charge in [-0.1, -0.05) is 79.2 Å². The second-order valence-corrected chi connectivity index (χ2v) is 7.48. The van der Waals surface area contributed by atoms with Crippen molar-refractivity contribution in [2.45, 2.75) is 31.5 Å². The number of hydrogen-bond acceptors (Lipinski definition) is 3. The first kappa shape index (κ1) is 18.2. The molecule has 0 aliphatic carbocycles. The molecule has 0 radical (unpaired) electrons. The first-order valence-corrected chi connectivity index (χ1v) is 10.1. The smallest absolute Gasteiger partial charge is 0.0816 e. The average Bonchev–Trinajstić information content (AvgIpc) is 2.75. The van der Waals surface area contributed by atoms with Gasteiger partial charge in [-0.25, -0.2) is 0 Å². The van der Waals surface area contributed by atoms with Crippen LogP contribution in [0.5, 0.6) is 0 Å². The fourth-order valence-corrected chi connectivity index (χ4v) is 4.23. The molecule has 1 aliphatic rings. The Morgan fingerprint density at radius 2 is 1.52 bits per heavy atom. The molecule has 3 heteroatoms. The van der Waals surface area contributed by atoms with Crippen molar-refractivity contribution in [3.63, 3.8) is 0 Å². The quantitative estimate of drug-likeness (QED) is 0.631. The topological polar surface area (TPSA) is 41.3 Å². The number of fused-ring (bicyclic) bond motifs is 1. The fraction of sp³-hybridized carbons (Fsp3) is 0.333. The molecule has 3 aromatic rings. The van der Waals surface area contributed by atoms with Crippen molar-refractivity contribution in [1.82, 2.24) is 10.2 Å². The zero-order valence-corrected chi connectivity index (χ0v) is 15.9. The van der Waals surface area contributed by atoms with Gasteiger partial charge in [-0.15, -0.1) is 0 Å². The Morgan fingerprint density at radius 3 is 2.33 bits per heavy atom. The van der Waals surface area contributed by atoms with E-state index >= 15 is 0 Å². The highest BCUT2D eigenvalue weighted by Gasteiger charge is 2.23. The summed E-state index contributed by atoms with van der Waals surface area (Å²) in [6.07, 6.45) is 3.75. The van der Waals surface area contributed by atoms with Crippen molar-refractivity contribution in [3.05, 3.63) is 83.9 Å². The highest BCUT2D eigenvalue weighted by molar-refractivity contribution is 5.86. The van der Waals surface area contributed by atoms with Gasteiger partial charge in [-0.2, -0.15) is 0 Å². The van der Waals surface area contributed by atoms with Gasteiger partial charge < -0.3 is 5.73 Å². The van der Waals surface area contributed by atoms with Gasteiger partial charge in [0, 0.05) is 12.6 Å². The van der Waals surface area contributed by atoms with Crippen molar-refractivity contribution < 1.29 is 0 Å². The lowest BCUT2D eigenvalue weighted by atomic mass is 10.00. The molecule has 2 atom stereocenters. The highest BCUT2D eigenvalue weighted by atomic mass is 15.2. The van der Waals surface area contributed by atoms with E-state index in [0.29, 0.717) is 6.04 Å². The summed E-state index contributed by atoms with van der Waals surface area (Å²) in [7, 11) is 0. The van der Waals surface area contributed by atoms with E-state index in [1.54, 1.807) is 0 Å². The van der Waals surface area contributed by atoms with E-state index in [4.69, 9.17) is 5.73 Å². The predicted molar refractivity (Wildman–Crippen MR) is 113 cm³/mol. The average molecular weight is 360 g/mol. The molecule has 2 unspecified atom stereocenters. The fourth-order valence-electron chi connectivity index (χ4n) is 4.23. The van der Waals surface area contributed by atoms with Crippen molar-refractivity contribution in [2.24, 2.45) is 5.73 Å². The Bertz CT molecular complexity index is 850. The van der Waals surface area contributed by atoms with E-state index in [2.05, 4.69) is 83.0 Å². The molecule has 1 heterocycles. The molecule has 3 N–H and O–H groups in total. The van der Waals surface area contributed by atoms with Crippen molar-refractivity contribution in [3.8, 4) is 0 Å². The van der Waals surface area contributed by atoms with Gasteiger partial charge in [0.15, 0.2) is 0 Å². The van der Waals surface area contributed by atoms with Crippen LogP contribution in [0.2, 0.25) is 0 Å². The van der Waals surface area contributed by atoms with E-state index in [9.17, 15) is 0 Å². The van der Waals surface area contributed by atoms with Crippen LogP contribution in [0.4, 0.5) is 0 Å². The Kier molecular flexibility index (Phi) is 5.83. The van der Waals surface area contributed by atoms with E-state index in [-0.39, 0.29) is 6.17 Å². The largest absolute Gasteiger partial charge is 0.312 e. The standard InChI is InChI=1S/C24H29N3/c25-24(22-15-9-13-19-10-5-6-14-21(19)22)26-18-23(20-11-3-1-4-12-20)27-16-7-2-8-17-27/h1,3-6,9-15,23-24,26H,2,7-8,16-18,25H2. The molecule has 0 spiro atoms. The molecule has 4 rings (SSSR count). The number of benzene rings is 3. The molecular weight excluding hydrogens is 330 g/mol. The van der Waals surface area contributed by atoms with E-state index in [1.807, 2.05) is 0 Å². The van der Waals surface area contributed by atoms with E-state index < -0.39 is 0 Å². The minimum Gasteiger partial charge on any atom is -0.312 e. The number of rotatable bonds is 6. The lowest BCUT2D eigenvalue weighted by Crippen LogP contribution is -2.41. The summed E-state index contributed by atoms with van der Waals surface area (Å²) in [5.74, 6) is 0. The molecule has 0 bridgehead atoms. The third-order valence-electron chi connectivity index (χ3n) is 5.71. The summed E-state index contributed by atoms with van der Waals surface area (Å²) < 4.78 is 0. The minimum absolute atomic E-state index is 0.174. The van der Waals surface area contributed by atoms with Gasteiger partial charge >= 0.3 is 0 Å². The monoisotopic (exact) mass is 359 g/mol. The molecule has 0 amide bonds. The third kappa shape index (κ3) is 4.22. The van der Waals surface area contributed by atoms with E-state index in [0.717, 1.165) is 6.54 Å². The maximum atomic E-state index is 6.59. The van der Waals surface area contributed by atoms with Gasteiger partial charge in [-0.3, -0.25) is 10.2 Å². The summed E-state index contributed by atoms with van der Waals surface area (Å²) in [4.78, 5) is 2.61. The Hall–Kier alpha value is -2.20. The number of nitrogens with zero attached hydrogens (tertiary/aromatic N) is 1. The summed E-state index contributed by atoms with van der Waals surface area (Å²) in [5, 5.41) is 6.09. The summed E-state index contributed by atoms with van der Waals surface area (Å²) in [6.45, 7) is 3.20. The highest BCUT2D eigenvalue weighted by Crippen LogP contribution is 2.26. The molecule has 140 valence electrons. The molecule has 0 saturated carbocycles. The summed E-state index contributed by atoms with van der Waals surface area (Å²) in [5.41, 5.74) is 9.12. The van der Waals surface area contributed by atoms with Gasteiger partial charge in [0.05, 0.1) is 6.17 Å². The summed E-state index contributed by atoms with van der Waals surface area (Å²) in [6, 6.07) is 26.0. The van der Waals surface area contributed by atoms with E-state index in [1.165, 1.54) is 54.3 Å². The SMILES string of the molecule is NC(NCC(c1ccccc1)N1CCCCC1)c1cccc2ccccc12. The van der Waals surface area contributed by atoms with Crippen LogP contribution in [0, 0.1) is 0 Å². The van der Waals surface area contributed by atoms with Crippen molar-refractivity contribution in [2.75, 3.05) is 19.6 Å². The van der Waals surface area contributed by atoms with Gasteiger partial charge in [0.2, 0.25) is 0 Å². The number of nitrogens with two attached hydrogens (primary N) is 1. The molecule has 3 aromatic carbocycles. The number of nitrogens with one attached hydrogen (secondary N) is 1. The normalized spacial score (nSPS) is 17.7. The molecule has 0 aromatic heterocycles. The lowest BCUT2D eigenvalue weighted by molar-refractivity contribution is 0.157. The third-order valence-corrected chi connectivity index (χ3v) is 5.71. The Labute approximate surface area is 162 Å². The summed E-state index contributed by atoms with van der Waals surface area (Å²) >= 11 is 0. The van der Waals surface area contributed by atoms with Gasteiger partial charge in [0.25, 0.3) is 0 Å². The first-order valence-electron chi connectivity index (χ1n) is 10.1. The van der Waals surface area contributed by atoms with Crippen LogP contribution in [0.25, 0.3) is 10.8 Å². The zero-order chi connectivity index (χ0) is 18.5. The predicted octanol–water partition coefficient (Wildman–Crippen LogP) is 4.61. The molecular formula is C24H29N3. The minimum atomic E-state index is -0.174. The van der Waals surface area contributed by atoms with Crippen molar-refractivity contribution in [1.29, 1.82) is 0 Å². The van der Waals surface area contributed by atoms with Crippen LogP contribution >= 0.6 is 0 Å². The molecule has 27 heavy (non-hydrogen) atoms. The number of hydrogen-bond donors (Lipinski definition) is 2. The van der Waals surface area contributed by atoms with Gasteiger partial charge in [0.1, 0.15) is 0 Å². The maximum Gasteiger partial charge on any atom is 0.0816 e. The number of likely N-dealkylation sites (tertiary alicyclic amines) is 1. The van der Waals surface area contributed by atoms with Crippen LogP contribution in [0.15, 0.2) is 72.8 Å². The number of piperidine rings is 1. The van der Waals surface area contributed by atoms with Gasteiger partial charge in [-0.05, 0) is 47.8 Å². The Morgan fingerprint density at radius 1 is 0.815 bits per heavy atom. The molecule has 1 fully saturated rings. The second kappa shape index (κ2) is 8.66. The molecule has 1 saturated heterocycles. The Balaban J connectivity index is 1.53. The molecule has 1 aliphatic heterocycles. The second-order valence-electron chi connectivity index (χ2n) is 7.48. The van der Waals surface area contributed by atoms with Crippen LogP contribution in [0.3, 0.4) is 0 Å². The van der Waals surface area contributed by atoms with Crippen LogP contribution in [0.1, 0.15) is 42.6 Å². The maximum absolute atomic E-state index is 6.59.